The number of aromatic nitrogens is 1. The van der Waals surface area contributed by atoms with Gasteiger partial charge < -0.3 is 9.26 Å². The highest BCUT2D eigenvalue weighted by Gasteiger charge is 2.16. The van der Waals surface area contributed by atoms with E-state index in [1.807, 2.05) is 27.7 Å². The number of amides is 1. The smallest absolute Gasteiger partial charge is 0.239 e. The number of nitrogens with zero attached hydrogens (tertiary/aromatic N) is 1. The zero-order valence-corrected chi connectivity index (χ0v) is 13.0. The molecule has 0 aromatic carbocycles. The first-order valence-corrected chi connectivity index (χ1v) is 7.32. The van der Waals surface area contributed by atoms with Crippen molar-refractivity contribution in [3.63, 3.8) is 0 Å². The second-order valence-corrected chi connectivity index (χ2v) is 6.74. The van der Waals surface area contributed by atoms with Gasteiger partial charge in [-0.15, -0.1) is 11.8 Å². The van der Waals surface area contributed by atoms with E-state index in [9.17, 15) is 4.79 Å². The van der Waals surface area contributed by atoms with Crippen LogP contribution in [0.3, 0.4) is 0 Å². The van der Waals surface area contributed by atoms with E-state index in [-0.39, 0.29) is 16.8 Å². The van der Waals surface area contributed by atoms with E-state index in [1.165, 1.54) is 0 Å². The molecule has 5 nitrogen and oxygen atoms in total. The number of rotatable bonds is 6. The van der Waals surface area contributed by atoms with E-state index >= 15 is 0 Å². The number of thioether (sulfide) groups is 1. The molecule has 0 aliphatic carbocycles. The monoisotopic (exact) mass is 286 g/mol. The Labute approximate surface area is 118 Å². The Morgan fingerprint density at radius 1 is 1.58 bits per heavy atom. The third-order valence-electron chi connectivity index (χ3n) is 2.23. The minimum atomic E-state index is -0.158. The Bertz CT molecular complexity index is 412. The van der Waals surface area contributed by atoms with Gasteiger partial charge in [-0.1, -0.05) is 5.16 Å². The van der Waals surface area contributed by atoms with E-state index in [0.717, 1.165) is 11.4 Å². The van der Waals surface area contributed by atoms with Crippen molar-refractivity contribution in [3.05, 3.63) is 11.8 Å². The Hall–Kier alpha value is -1.01. The third-order valence-corrected chi connectivity index (χ3v) is 3.35. The van der Waals surface area contributed by atoms with Gasteiger partial charge in [-0.3, -0.25) is 10.1 Å². The third kappa shape index (κ3) is 6.63. The number of carbonyl (C=O) groups excluding carboxylic acids is 1. The Kier molecular flexibility index (Phi) is 5.87. The van der Waals surface area contributed by atoms with Crippen LogP contribution in [0.25, 0.3) is 0 Å². The first-order valence-electron chi connectivity index (χ1n) is 6.27. The molecule has 1 atom stereocenters. The van der Waals surface area contributed by atoms with Crippen molar-refractivity contribution in [2.75, 3.05) is 17.7 Å². The predicted molar refractivity (Wildman–Crippen MR) is 77.5 cm³/mol. The molecular weight excluding hydrogens is 264 g/mol. The molecule has 0 aliphatic heterocycles. The molecular formula is C13H22N2O3S. The second-order valence-electron chi connectivity index (χ2n) is 5.30. The van der Waals surface area contributed by atoms with Gasteiger partial charge in [0.25, 0.3) is 0 Å². The molecule has 1 aromatic rings. The minimum absolute atomic E-state index is 0.0862. The van der Waals surface area contributed by atoms with Crippen LogP contribution in [-0.2, 0) is 9.53 Å². The van der Waals surface area contributed by atoms with Gasteiger partial charge >= 0.3 is 0 Å². The summed E-state index contributed by atoms with van der Waals surface area (Å²) in [5, 5.41) is 6.25. The zero-order valence-electron chi connectivity index (χ0n) is 12.1. The molecule has 19 heavy (non-hydrogen) atoms. The molecule has 0 radical (unpaired) electrons. The largest absolute Gasteiger partial charge is 0.375 e. The van der Waals surface area contributed by atoms with Crippen LogP contribution in [0, 0.1) is 6.92 Å². The fourth-order valence-electron chi connectivity index (χ4n) is 1.29. The van der Waals surface area contributed by atoms with Gasteiger partial charge in [-0.05, 0) is 34.6 Å². The highest BCUT2D eigenvalue weighted by molar-refractivity contribution is 8.00. The number of hydrogen-bond acceptors (Lipinski definition) is 5. The van der Waals surface area contributed by atoms with Crippen LogP contribution >= 0.6 is 11.8 Å². The molecule has 0 spiro atoms. The summed E-state index contributed by atoms with van der Waals surface area (Å²) in [6.45, 7) is 10.3. The molecule has 0 saturated carbocycles. The standard InChI is InChI=1S/C13H22N2O3S/c1-9-8-11(18-15-9)14-12(16)10(2)19-7-6-17-13(3,4)5/h8,10H,6-7H2,1-5H3,(H,14,16)/t10-/m0/s1. The fraction of sp³-hybridized carbons (Fsp3) is 0.692. The topological polar surface area (TPSA) is 64.4 Å². The molecule has 0 fully saturated rings. The quantitative estimate of drug-likeness (QED) is 0.815. The van der Waals surface area contributed by atoms with Crippen LogP contribution in [0.1, 0.15) is 33.4 Å². The van der Waals surface area contributed by atoms with Crippen molar-refractivity contribution in [3.8, 4) is 0 Å². The summed E-state index contributed by atoms with van der Waals surface area (Å²) in [4.78, 5) is 11.9. The molecule has 1 rings (SSSR count). The summed E-state index contributed by atoms with van der Waals surface area (Å²) < 4.78 is 10.5. The summed E-state index contributed by atoms with van der Waals surface area (Å²) in [5.41, 5.74) is 0.609. The summed E-state index contributed by atoms with van der Waals surface area (Å²) in [6.07, 6.45) is 0. The van der Waals surface area contributed by atoms with Crippen molar-refractivity contribution in [2.24, 2.45) is 0 Å². The highest BCUT2D eigenvalue weighted by Crippen LogP contribution is 2.16. The van der Waals surface area contributed by atoms with E-state index in [1.54, 1.807) is 24.8 Å². The van der Waals surface area contributed by atoms with Gasteiger partial charge in [0.15, 0.2) is 0 Å². The van der Waals surface area contributed by atoms with Crippen molar-refractivity contribution in [1.29, 1.82) is 0 Å². The lowest BCUT2D eigenvalue weighted by Gasteiger charge is -2.19. The van der Waals surface area contributed by atoms with Gasteiger partial charge in [0, 0.05) is 11.8 Å². The minimum Gasteiger partial charge on any atom is -0.375 e. The van der Waals surface area contributed by atoms with Crippen molar-refractivity contribution >= 4 is 23.6 Å². The highest BCUT2D eigenvalue weighted by atomic mass is 32.2. The molecule has 6 heteroatoms. The molecule has 0 saturated heterocycles. The molecule has 0 unspecified atom stereocenters. The Balaban J connectivity index is 2.25. The maximum Gasteiger partial charge on any atom is 0.239 e. The van der Waals surface area contributed by atoms with Crippen LogP contribution in [-0.4, -0.2) is 34.3 Å². The lowest BCUT2D eigenvalue weighted by Crippen LogP contribution is -2.24. The van der Waals surface area contributed by atoms with E-state index in [2.05, 4.69) is 10.5 Å². The van der Waals surface area contributed by atoms with E-state index < -0.39 is 0 Å². The Morgan fingerprint density at radius 2 is 2.26 bits per heavy atom. The molecule has 1 N–H and O–H groups in total. The summed E-state index contributed by atoms with van der Waals surface area (Å²) in [6, 6.07) is 1.69. The number of aryl methyl sites for hydroxylation is 1. The average molecular weight is 286 g/mol. The summed E-state index contributed by atoms with van der Waals surface area (Å²) in [5.74, 6) is 1.08. The molecule has 1 heterocycles. The molecule has 108 valence electrons. The van der Waals surface area contributed by atoms with Crippen molar-refractivity contribution in [2.45, 2.75) is 45.5 Å². The normalized spacial score (nSPS) is 13.3. The van der Waals surface area contributed by atoms with Gasteiger partial charge in [0.05, 0.1) is 23.2 Å². The number of hydrogen-bond donors (Lipinski definition) is 1. The Morgan fingerprint density at radius 3 is 2.79 bits per heavy atom. The lowest BCUT2D eigenvalue weighted by atomic mass is 10.2. The van der Waals surface area contributed by atoms with Crippen LogP contribution in [0.2, 0.25) is 0 Å². The lowest BCUT2D eigenvalue weighted by molar-refractivity contribution is -0.115. The zero-order chi connectivity index (χ0) is 14.5. The maximum absolute atomic E-state index is 11.9. The molecule has 0 bridgehead atoms. The summed E-state index contributed by atoms with van der Waals surface area (Å²) in [7, 11) is 0. The molecule has 0 aliphatic rings. The van der Waals surface area contributed by atoms with Crippen LogP contribution < -0.4 is 5.32 Å². The van der Waals surface area contributed by atoms with Gasteiger partial charge in [0.1, 0.15) is 0 Å². The second kappa shape index (κ2) is 6.96. The van der Waals surface area contributed by atoms with Crippen LogP contribution in [0.15, 0.2) is 10.6 Å². The first-order chi connectivity index (χ1) is 8.78. The van der Waals surface area contributed by atoms with Gasteiger partial charge in [0.2, 0.25) is 11.8 Å². The maximum atomic E-state index is 11.9. The SMILES string of the molecule is Cc1cc(NC(=O)[C@H](C)SCCOC(C)(C)C)on1. The van der Waals surface area contributed by atoms with E-state index in [4.69, 9.17) is 9.26 Å². The van der Waals surface area contributed by atoms with Crippen LogP contribution in [0.5, 0.6) is 0 Å². The summed E-state index contributed by atoms with van der Waals surface area (Å²) >= 11 is 1.55. The van der Waals surface area contributed by atoms with Crippen molar-refractivity contribution in [1.82, 2.24) is 5.16 Å². The van der Waals surface area contributed by atoms with Crippen molar-refractivity contribution < 1.29 is 14.1 Å². The van der Waals surface area contributed by atoms with Crippen LogP contribution in [0.4, 0.5) is 5.88 Å². The number of anilines is 1. The predicted octanol–water partition coefficient (Wildman–Crippen LogP) is 2.86. The fourth-order valence-corrected chi connectivity index (χ4v) is 2.04. The number of carbonyl (C=O) groups is 1. The van der Waals surface area contributed by atoms with E-state index in [0.29, 0.717) is 12.5 Å². The average Bonchev–Trinajstić information content (AvgIpc) is 2.68. The molecule has 1 amide bonds. The molecule has 1 aromatic heterocycles. The van der Waals surface area contributed by atoms with Gasteiger partial charge in [-0.2, -0.15) is 0 Å². The van der Waals surface area contributed by atoms with Gasteiger partial charge in [-0.25, -0.2) is 0 Å². The number of ether oxygens (including phenoxy) is 1. The number of nitrogens with one attached hydrogen (secondary N) is 1. The first kappa shape index (κ1) is 16.0.